The lowest BCUT2D eigenvalue weighted by Crippen LogP contribution is -2.56. The number of methoxy groups -OCH3 is 1. The molecule has 1 saturated carbocycles. The molecule has 25 heavy (non-hydrogen) atoms. The number of carbonyl (C=O) groups is 2. The number of piperidine rings is 2. The van der Waals surface area contributed by atoms with E-state index in [0.29, 0.717) is 30.3 Å². The predicted octanol–water partition coefficient (Wildman–Crippen LogP) is 2.60. The molecule has 6 nitrogen and oxygen atoms in total. The van der Waals surface area contributed by atoms with Crippen molar-refractivity contribution in [2.45, 2.75) is 57.2 Å². The second-order valence-corrected chi connectivity index (χ2v) is 7.55. The summed E-state index contributed by atoms with van der Waals surface area (Å²) in [5.41, 5.74) is 0. The molecule has 3 heterocycles. The summed E-state index contributed by atoms with van der Waals surface area (Å²) in [6.07, 6.45) is 5.06. The van der Waals surface area contributed by atoms with Crippen LogP contribution < -0.4 is 0 Å². The molecule has 3 fully saturated rings. The maximum absolute atomic E-state index is 12.3. The summed E-state index contributed by atoms with van der Waals surface area (Å²) in [4.78, 5) is 28.5. The number of esters is 1. The number of nitrogens with zero attached hydrogens (tertiary/aromatic N) is 2. The molecule has 0 radical (unpaired) electrons. The van der Waals surface area contributed by atoms with Crippen LogP contribution in [0.3, 0.4) is 0 Å². The average Bonchev–Trinajstić information content (AvgIpc) is 3.34. The van der Waals surface area contributed by atoms with Gasteiger partial charge in [0.05, 0.1) is 13.2 Å². The van der Waals surface area contributed by atoms with Crippen LogP contribution in [-0.2, 0) is 9.53 Å². The Balaban J connectivity index is 1.44. The van der Waals surface area contributed by atoms with Gasteiger partial charge in [-0.1, -0.05) is 0 Å². The minimum Gasteiger partial charge on any atom is -0.463 e. The standard InChI is InChI=1S/C19H26N2O4/c1-12(16-6-7-17(25-16)19(23)24-2)20-10-9-15-13(11-20)3-8-18(22)21(15)14-4-5-14/h6-7,12-15H,3-5,8-11H2,1-2H3. The first-order chi connectivity index (χ1) is 12.1. The molecular formula is C19H26N2O4. The van der Waals surface area contributed by atoms with Gasteiger partial charge in [-0.2, -0.15) is 0 Å². The summed E-state index contributed by atoms with van der Waals surface area (Å²) >= 11 is 0. The maximum Gasteiger partial charge on any atom is 0.373 e. The third kappa shape index (κ3) is 3.08. The van der Waals surface area contributed by atoms with Gasteiger partial charge in [-0.15, -0.1) is 0 Å². The number of furan rings is 1. The highest BCUT2D eigenvalue weighted by Crippen LogP contribution is 2.40. The van der Waals surface area contributed by atoms with Gasteiger partial charge in [-0.05, 0) is 50.7 Å². The molecule has 1 aromatic heterocycles. The molecule has 1 aliphatic carbocycles. The molecular weight excluding hydrogens is 320 g/mol. The Labute approximate surface area is 148 Å². The van der Waals surface area contributed by atoms with E-state index >= 15 is 0 Å². The number of rotatable bonds is 4. The highest BCUT2D eigenvalue weighted by molar-refractivity contribution is 5.86. The Kier molecular flexibility index (Phi) is 4.31. The molecule has 0 spiro atoms. The molecule has 1 aromatic rings. The first-order valence-electron chi connectivity index (χ1n) is 9.31. The molecule has 3 aliphatic rings. The molecule has 6 heteroatoms. The van der Waals surface area contributed by atoms with E-state index in [1.54, 1.807) is 6.07 Å². The molecule has 2 saturated heterocycles. The predicted molar refractivity (Wildman–Crippen MR) is 91.0 cm³/mol. The van der Waals surface area contributed by atoms with Gasteiger partial charge < -0.3 is 14.1 Å². The van der Waals surface area contributed by atoms with Gasteiger partial charge in [0.25, 0.3) is 0 Å². The summed E-state index contributed by atoms with van der Waals surface area (Å²) in [5.74, 6) is 1.51. The molecule has 3 unspecified atom stereocenters. The van der Waals surface area contributed by atoms with E-state index in [9.17, 15) is 9.59 Å². The van der Waals surface area contributed by atoms with E-state index in [1.807, 2.05) is 6.07 Å². The Morgan fingerprint density at radius 2 is 2.08 bits per heavy atom. The van der Waals surface area contributed by atoms with Gasteiger partial charge in [0.1, 0.15) is 5.76 Å². The van der Waals surface area contributed by atoms with Gasteiger partial charge in [0.2, 0.25) is 11.7 Å². The van der Waals surface area contributed by atoms with E-state index in [1.165, 1.54) is 20.0 Å². The fourth-order valence-electron chi connectivity index (χ4n) is 4.47. The second kappa shape index (κ2) is 6.48. The van der Waals surface area contributed by atoms with E-state index in [-0.39, 0.29) is 11.8 Å². The third-order valence-corrected chi connectivity index (χ3v) is 6.01. The molecule has 0 aromatic carbocycles. The van der Waals surface area contributed by atoms with Crippen molar-refractivity contribution in [1.29, 1.82) is 0 Å². The van der Waals surface area contributed by atoms with Crippen molar-refractivity contribution in [1.82, 2.24) is 9.80 Å². The molecule has 0 bridgehead atoms. The second-order valence-electron chi connectivity index (χ2n) is 7.55. The van der Waals surface area contributed by atoms with Crippen LogP contribution in [0.25, 0.3) is 0 Å². The molecule has 2 aliphatic heterocycles. The monoisotopic (exact) mass is 346 g/mol. The van der Waals surface area contributed by atoms with Crippen molar-refractivity contribution in [2.24, 2.45) is 5.92 Å². The van der Waals surface area contributed by atoms with Crippen molar-refractivity contribution in [3.63, 3.8) is 0 Å². The topological polar surface area (TPSA) is 63.0 Å². The highest BCUT2D eigenvalue weighted by Gasteiger charge is 2.45. The van der Waals surface area contributed by atoms with Crippen LogP contribution in [0, 0.1) is 5.92 Å². The van der Waals surface area contributed by atoms with Crippen LogP contribution in [0.1, 0.15) is 61.4 Å². The summed E-state index contributed by atoms with van der Waals surface area (Å²) < 4.78 is 10.4. The first-order valence-corrected chi connectivity index (χ1v) is 9.31. The zero-order valence-electron chi connectivity index (χ0n) is 14.9. The van der Waals surface area contributed by atoms with Gasteiger partial charge in [-0.3, -0.25) is 9.69 Å². The number of hydrogen-bond donors (Lipinski definition) is 0. The van der Waals surface area contributed by atoms with Crippen molar-refractivity contribution in [3.8, 4) is 0 Å². The quantitative estimate of drug-likeness (QED) is 0.784. The lowest BCUT2D eigenvalue weighted by molar-refractivity contribution is -0.142. The van der Waals surface area contributed by atoms with Crippen LogP contribution in [0.15, 0.2) is 16.5 Å². The number of carbonyl (C=O) groups excluding carboxylic acids is 2. The van der Waals surface area contributed by atoms with Gasteiger partial charge in [-0.25, -0.2) is 4.79 Å². The van der Waals surface area contributed by atoms with E-state index < -0.39 is 5.97 Å². The average molecular weight is 346 g/mol. The number of hydrogen-bond acceptors (Lipinski definition) is 5. The summed E-state index contributed by atoms with van der Waals surface area (Å²) in [6.45, 7) is 4.05. The van der Waals surface area contributed by atoms with Crippen LogP contribution in [-0.4, -0.2) is 54.0 Å². The van der Waals surface area contributed by atoms with Crippen molar-refractivity contribution >= 4 is 11.9 Å². The van der Waals surface area contributed by atoms with E-state index in [2.05, 4.69) is 16.7 Å². The normalized spacial score (nSPS) is 28.6. The minimum atomic E-state index is -0.442. The Morgan fingerprint density at radius 3 is 2.80 bits per heavy atom. The SMILES string of the molecule is COC(=O)c1ccc(C(C)N2CCC3C(CCC(=O)N3C3CC3)C2)o1. The van der Waals surface area contributed by atoms with Crippen LogP contribution >= 0.6 is 0 Å². The van der Waals surface area contributed by atoms with Gasteiger partial charge in [0, 0.05) is 31.6 Å². The van der Waals surface area contributed by atoms with Crippen LogP contribution in [0.2, 0.25) is 0 Å². The highest BCUT2D eigenvalue weighted by atomic mass is 16.5. The largest absolute Gasteiger partial charge is 0.463 e. The maximum atomic E-state index is 12.3. The van der Waals surface area contributed by atoms with Gasteiger partial charge in [0.15, 0.2) is 0 Å². The number of fused-ring (bicyclic) bond motifs is 1. The molecule has 0 N–H and O–H groups in total. The summed E-state index contributed by atoms with van der Waals surface area (Å²) in [5, 5.41) is 0. The van der Waals surface area contributed by atoms with Crippen LogP contribution in [0.4, 0.5) is 0 Å². The van der Waals surface area contributed by atoms with E-state index in [0.717, 1.165) is 31.7 Å². The van der Waals surface area contributed by atoms with E-state index in [4.69, 9.17) is 9.15 Å². The minimum absolute atomic E-state index is 0.117. The van der Waals surface area contributed by atoms with Crippen molar-refractivity contribution in [3.05, 3.63) is 23.7 Å². The molecule has 1 amide bonds. The smallest absolute Gasteiger partial charge is 0.373 e. The molecule has 3 atom stereocenters. The lowest BCUT2D eigenvalue weighted by Gasteiger charge is -2.48. The lowest BCUT2D eigenvalue weighted by atomic mass is 9.82. The zero-order valence-corrected chi connectivity index (χ0v) is 14.9. The number of amides is 1. The summed E-state index contributed by atoms with van der Waals surface area (Å²) in [6, 6.07) is 4.59. The third-order valence-electron chi connectivity index (χ3n) is 6.01. The molecule has 4 rings (SSSR count). The number of likely N-dealkylation sites (tertiary alicyclic amines) is 2. The number of ether oxygens (including phenoxy) is 1. The fourth-order valence-corrected chi connectivity index (χ4v) is 4.47. The van der Waals surface area contributed by atoms with Crippen LogP contribution in [0.5, 0.6) is 0 Å². The van der Waals surface area contributed by atoms with Gasteiger partial charge >= 0.3 is 5.97 Å². The Hall–Kier alpha value is -1.82. The Morgan fingerprint density at radius 1 is 1.28 bits per heavy atom. The molecule has 136 valence electrons. The Bertz CT molecular complexity index is 666. The zero-order chi connectivity index (χ0) is 17.6. The first kappa shape index (κ1) is 16.6. The van der Waals surface area contributed by atoms with Crippen molar-refractivity contribution in [2.75, 3.05) is 20.2 Å². The summed E-state index contributed by atoms with van der Waals surface area (Å²) in [7, 11) is 1.36. The fraction of sp³-hybridized carbons (Fsp3) is 0.684. The van der Waals surface area contributed by atoms with Crippen molar-refractivity contribution < 1.29 is 18.7 Å².